The highest BCUT2D eigenvalue weighted by atomic mass is 79.9. The molecule has 22 heavy (non-hydrogen) atoms. The van der Waals surface area contributed by atoms with Crippen molar-refractivity contribution in [3.8, 4) is 5.75 Å². The molecule has 2 rings (SSSR count). The summed E-state index contributed by atoms with van der Waals surface area (Å²) in [6.45, 7) is 4.66. The number of hydrogen-bond acceptors (Lipinski definition) is 2. The van der Waals surface area contributed by atoms with Gasteiger partial charge in [0.05, 0.1) is 11.1 Å². The molecule has 0 fully saturated rings. The number of hydrogen-bond donors (Lipinski definition) is 1. The van der Waals surface area contributed by atoms with Crippen LogP contribution >= 0.6 is 31.9 Å². The van der Waals surface area contributed by atoms with Crippen molar-refractivity contribution in [2.24, 2.45) is 0 Å². The monoisotopic (exact) mass is 425 g/mol. The number of carbonyl (C=O) groups is 1. The van der Waals surface area contributed by atoms with Crippen LogP contribution < -0.4 is 10.1 Å². The third-order valence-electron chi connectivity index (χ3n) is 3.20. The molecule has 2 aromatic carbocycles. The summed E-state index contributed by atoms with van der Waals surface area (Å²) in [6.07, 6.45) is 3.02. The van der Waals surface area contributed by atoms with Crippen LogP contribution in [-0.2, 0) is 4.79 Å². The number of ether oxygens (including phenoxy) is 1. The number of fused-ring (bicyclic) bond motifs is 1. The summed E-state index contributed by atoms with van der Waals surface area (Å²) in [4.78, 5) is 11.0. The van der Waals surface area contributed by atoms with E-state index in [-0.39, 0.29) is 5.91 Å². The second-order valence-corrected chi connectivity index (χ2v) is 6.47. The zero-order chi connectivity index (χ0) is 15.9. The average Bonchev–Trinajstić information content (AvgIpc) is 2.53. The fraction of sp³-hybridized carbons (Fsp3) is 0.235. The fourth-order valence-electron chi connectivity index (χ4n) is 2.10. The van der Waals surface area contributed by atoms with Gasteiger partial charge in [-0.05, 0) is 46.3 Å². The van der Waals surface area contributed by atoms with E-state index in [4.69, 9.17) is 4.74 Å². The third kappa shape index (κ3) is 4.34. The first kappa shape index (κ1) is 17.0. The van der Waals surface area contributed by atoms with Crippen molar-refractivity contribution in [2.75, 3.05) is 13.2 Å². The summed E-state index contributed by atoms with van der Waals surface area (Å²) < 4.78 is 7.90. The van der Waals surface area contributed by atoms with Crippen molar-refractivity contribution < 1.29 is 9.53 Å². The first-order chi connectivity index (χ1) is 10.6. The number of rotatable bonds is 7. The Hall–Kier alpha value is -1.33. The van der Waals surface area contributed by atoms with Crippen molar-refractivity contribution in [1.82, 2.24) is 5.32 Å². The average molecular weight is 427 g/mol. The van der Waals surface area contributed by atoms with E-state index in [1.54, 1.807) is 0 Å². The molecule has 0 bridgehead atoms. The van der Waals surface area contributed by atoms with Crippen molar-refractivity contribution in [2.45, 2.75) is 12.8 Å². The van der Waals surface area contributed by atoms with E-state index in [9.17, 15) is 4.79 Å². The van der Waals surface area contributed by atoms with Gasteiger partial charge in [-0.25, -0.2) is 0 Å². The molecule has 0 saturated heterocycles. The smallest absolute Gasteiger partial charge is 0.243 e. The van der Waals surface area contributed by atoms with E-state index < -0.39 is 0 Å². The molecule has 116 valence electrons. The predicted octanol–water partition coefficient (Wildman–Crippen LogP) is 4.83. The van der Waals surface area contributed by atoms with E-state index in [1.165, 1.54) is 6.08 Å². The quantitative estimate of drug-likeness (QED) is 0.508. The first-order valence-corrected chi connectivity index (χ1v) is 8.62. The van der Waals surface area contributed by atoms with Gasteiger partial charge in [0, 0.05) is 16.4 Å². The van der Waals surface area contributed by atoms with Gasteiger partial charge in [-0.15, -0.1) is 0 Å². The zero-order valence-electron chi connectivity index (χ0n) is 12.1. The van der Waals surface area contributed by atoms with Crippen LogP contribution in [0.1, 0.15) is 12.8 Å². The highest BCUT2D eigenvalue weighted by Crippen LogP contribution is 2.38. The van der Waals surface area contributed by atoms with Gasteiger partial charge >= 0.3 is 0 Å². The molecule has 0 radical (unpaired) electrons. The number of benzene rings is 2. The lowest BCUT2D eigenvalue weighted by molar-refractivity contribution is -0.116. The van der Waals surface area contributed by atoms with Gasteiger partial charge in [0.25, 0.3) is 0 Å². The summed E-state index contributed by atoms with van der Waals surface area (Å²) in [6, 6.07) is 10.1. The molecule has 2 aromatic rings. The number of unbranched alkanes of at least 4 members (excludes halogenated alkanes) is 1. The lowest BCUT2D eigenvalue weighted by Gasteiger charge is -2.13. The molecule has 1 N–H and O–H groups in total. The van der Waals surface area contributed by atoms with Crippen LogP contribution in [-0.4, -0.2) is 19.1 Å². The molecule has 0 spiro atoms. The molecule has 0 aliphatic carbocycles. The molecule has 0 saturated carbocycles. The van der Waals surface area contributed by atoms with Crippen molar-refractivity contribution in [3.63, 3.8) is 0 Å². The topological polar surface area (TPSA) is 38.3 Å². The fourth-order valence-corrected chi connectivity index (χ4v) is 3.54. The van der Waals surface area contributed by atoms with Crippen LogP contribution in [0.2, 0.25) is 0 Å². The Kier molecular flexibility index (Phi) is 6.46. The Morgan fingerprint density at radius 2 is 1.91 bits per heavy atom. The van der Waals surface area contributed by atoms with Gasteiger partial charge in [0.2, 0.25) is 5.91 Å². The maximum Gasteiger partial charge on any atom is 0.243 e. The Morgan fingerprint density at radius 1 is 1.18 bits per heavy atom. The van der Waals surface area contributed by atoms with Crippen molar-refractivity contribution in [3.05, 3.63) is 51.9 Å². The maximum atomic E-state index is 11.0. The molecule has 0 atom stereocenters. The minimum Gasteiger partial charge on any atom is -0.492 e. The van der Waals surface area contributed by atoms with E-state index in [2.05, 4.69) is 49.8 Å². The highest BCUT2D eigenvalue weighted by molar-refractivity contribution is 9.11. The molecule has 0 aliphatic heterocycles. The van der Waals surface area contributed by atoms with Crippen LogP contribution in [0.3, 0.4) is 0 Å². The summed E-state index contributed by atoms with van der Waals surface area (Å²) in [5.41, 5.74) is 0. The largest absolute Gasteiger partial charge is 0.492 e. The standard InChI is InChI=1S/C17H17Br2NO2/c1-2-16(21)20-9-5-6-10-22-17-13-8-4-3-7-12(13)14(18)11-15(17)19/h2-4,7-8,11H,1,5-6,9-10H2,(H,20,21). The van der Waals surface area contributed by atoms with Gasteiger partial charge in [-0.3, -0.25) is 4.79 Å². The molecular weight excluding hydrogens is 410 g/mol. The molecule has 0 aromatic heterocycles. The molecule has 5 heteroatoms. The second-order valence-electron chi connectivity index (χ2n) is 4.77. The van der Waals surface area contributed by atoms with Crippen LogP contribution in [0.25, 0.3) is 10.8 Å². The summed E-state index contributed by atoms with van der Waals surface area (Å²) in [7, 11) is 0. The van der Waals surface area contributed by atoms with Gasteiger partial charge in [0.1, 0.15) is 5.75 Å². The Morgan fingerprint density at radius 3 is 2.64 bits per heavy atom. The lowest BCUT2D eigenvalue weighted by atomic mass is 10.1. The Labute approximate surface area is 147 Å². The SMILES string of the molecule is C=CC(=O)NCCCCOc1c(Br)cc(Br)c2ccccc12. The van der Waals surface area contributed by atoms with E-state index >= 15 is 0 Å². The van der Waals surface area contributed by atoms with Crippen LogP contribution in [0.5, 0.6) is 5.75 Å². The third-order valence-corrected chi connectivity index (χ3v) is 4.45. The van der Waals surface area contributed by atoms with Crippen LogP contribution in [0.15, 0.2) is 51.9 Å². The molecule has 1 amide bonds. The summed E-state index contributed by atoms with van der Waals surface area (Å²) in [5, 5.41) is 4.95. The van der Waals surface area contributed by atoms with Gasteiger partial charge in [-0.1, -0.05) is 46.8 Å². The maximum absolute atomic E-state index is 11.0. The highest BCUT2D eigenvalue weighted by Gasteiger charge is 2.10. The normalized spacial score (nSPS) is 10.5. The predicted molar refractivity (Wildman–Crippen MR) is 97.3 cm³/mol. The first-order valence-electron chi connectivity index (χ1n) is 7.03. The second kappa shape index (κ2) is 8.34. The van der Waals surface area contributed by atoms with E-state index in [0.29, 0.717) is 13.2 Å². The molecule has 3 nitrogen and oxygen atoms in total. The van der Waals surface area contributed by atoms with Crippen LogP contribution in [0.4, 0.5) is 0 Å². The molecular formula is C17H17Br2NO2. The minimum absolute atomic E-state index is 0.137. The van der Waals surface area contributed by atoms with Crippen molar-refractivity contribution >= 4 is 48.5 Å². The number of nitrogens with one attached hydrogen (secondary N) is 1. The minimum atomic E-state index is -0.137. The molecule has 0 unspecified atom stereocenters. The van der Waals surface area contributed by atoms with Crippen LogP contribution in [0, 0.1) is 0 Å². The lowest BCUT2D eigenvalue weighted by Crippen LogP contribution is -2.22. The van der Waals surface area contributed by atoms with Gasteiger partial charge in [0.15, 0.2) is 0 Å². The Balaban J connectivity index is 1.95. The Bertz CT molecular complexity index is 686. The zero-order valence-corrected chi connectivity index (χ0v) is 15.2. The number of amides is 1. The number of halogens is 2. The molecule has 0 aliphatic rings. The number of carbonyl (C=O) groups excluding carboxylic acids is 1. The van der Waals surface area contributed by atoms with E-state index in [0.717, 1.165) is 38.3 Å². The van der Waals surface area contributed by atoms with E-state index in [1.807, 2.05) is 24.3 Å². The van der Waals surface area contributed by atoms with Gasteiger partial charge < -0.3 is 10.1 Å². The van der Waals surface area contributed by atoms with Gasteiger partial charge in [-0.2, -0.15) is 0 Å². The van der Waals surface area contributed by atoms with Crippen molar-refractivity contribution in [1.29, 1.82) is 0 Å². The summed E-state index contributed by atoms with van der Waals surface area (Å²) >= 11 is 7.13. The summed E-state index contributed by atoms with van der Waals surface area (Å²) in [5.74, 6) is 0.719. The molecule has 0 heterocycles.